The number of hydrogen-bond donors (Lipinski definition) is 0. The molecule has 96 valence electrons. The molecule has 19 heavy (non-hydrogen) atoms. The lowest BCUT2D eigenvalue weighted by atomic mass is 10.0. The molecule has 0 heterocycles. The minimum Gasteiger partial charge on any atom is -0.474 e. The van der Waals surface area contributed by atoms with Crippen molar-refractivity contribution in [2.45, 2.75) is 13.0 Å². The quantitative estimate of drug-likeness (QED) is 0.645. The van der Waals surface area contributed by atoms with Crippen molar-refractivity contribution in [3.05, 3.63) is 59.2 Å². The summed E-state index contributed by atoms with van der Waals surface area (Å²) >= 11 is 6.57. The molecule has 2 aromatic carbocycles. The first kappa shape index (κ1) is 12.7. The maximum absolute atomic E-state index is 5.60. The molecule has 0 saturated carbocycles. The van der Waals surface area contributed by atoms with Crippen LogP contribution >= 0.6 is 24.0 Å². The Balaban J connectivity index is 1.92. The number of ether oxygens (including phenoxy) is 1. The van der Waals surface area contributed by atoms with Crippen molar-refractivity contribution in [2.24, 2.45) is 0 Å². The number of thioether (sulfide) groups is 1. The molecule has 0 spiro atoms. The fraction of sp³-hybridized carbons (Fsp3) is 0.188. The van der Waals surface area contributed by atoms with E-state index in [9.17, 15) is 0 Å². The molecule has 2 aromatic rings. The summed E-state index contributed by atoms with van der Waals surface area (Å²) in [5.74, 6) is 0. The molecule has 3 rings (SSSR count). The van der Waals surface area contributed by atoms with Gasteiger partial charge in [0.2, 0.25) is 4.38 Å². The van der Waals surface area contributed by atoms with Gasteiger partial charge < -0.3 is 4.74 Å². The summed E-state index contributed by atoms with van der Waals surface area (Å²) < 4.78 is 6.20. The van der Waals surface area contributed by atoms with Crippen LogP contribution in [0.3, 0.4) is 0 Å². The van der Waals surface area contributed by atoms with E-state index >= 15 is 0 Å². The molecule has 0 aliphatic heterocycles. The zero-order valence-corrected chi connectivity index (χ0v) is 12.3. The Morgan fingerprint density at radius 1 is 1.16 bits per heavy atom. The molecule has 0 radical (unpaired) electrons. The average Bonchev–Trinajstić information content (AvgIpc) is 2.84. The summed E-state index contributed by atoms with van der Waals surface area (Å²) in [6.07, 6.45) is 2.94. The van der Waals surface area contributed by atoms with Crippen molar-refractivity contribution in [1.29, 1.82) is 0 Å². The first-order valence-corrected chi connectivity index (χ1v) is 7.82. The molecule has 0 N–H and O–H groups in total. The van der Waals surface area contributed by atoms with Gasteiger partial charge in [-0.25, -0.2) is 0 Å². The Morgan fingerprint density at radius 3 is 2.79 bits per heavy atom. The highest BCUT2D eigenvalue weighted by molar-refractivity contribution is 8.22. The van der Waals surface area contributed by atoms with E-state index in [0.717, 1.165) is 6.42 Å². The molecule has 0 amide bonds. The van der Waals surface area contributed by atoms with E-state index in [4.69, 9.17) is 17.0 Å². The molecule has 1 aliphatic carbocycles. The zero-order valence-electron chi connectivity index (χ0n) is 10.7. The number of benzene rings is 2. The van der Waals surface area contributed by atoms with Crippen molar-refractivity contribution in [3.63, 3.8) is 0 Å². The van der Waals surface area contributed by atoms with Gasteiger partial charge in [-0.1, -0.05) is 54.2 Å². The second-order valence-corrected chi connectivity index (χ2v) is 5.93. The smallest absolute Gasteiger partial charge is 0.220 e. The first-order valence-electron chi connectivity index (χ1n) is 6.19. The fourth-order valence-corrected chi connectivity index (χ4v) is 2.79. The Hall–Kier alpha value is -1.32. The molecular formula is C16H14OS2. The molecule has 1 aliphatic rings. The van der Waals surface area contributed by atoms with Gasteiger partial charge in [-0.15, -0.1) is 0 Å². The first-order chi connectivity index (χ1) is 9.29. The zero-order chi connectivity index (χ0) is 13.2. The van der Waals surface area contributed by atoms with Gasteiger partial charge in [0.25, 0.3) is 0 Å². The minimum atomic E-state index is 0.566. The Bertz CT molecular complexity index is 634. The van der Waals surface area contributed by atoms with Crippen LogP contribution in [-0.2, 0) is 17.8 Å². The van der Waals surface area contributed by atoms with Crippen molar-refractivity contribution < 1.29 is 4.74 Å². The van der Waals surface area contributed by atoms with E-state index in [0.29, 0.717) is 11.0 Å². The molecule has 0 bridgehead atoms. The second-order valence-electron chi connectivity index (χ2n) is 4.52. The summed E-state index contributed by atoms with van der Waals surface area (Å²) in [6, 6.07) is 15.0. The Morgan fingerprint density at radius 2 is 1.95 bits per heavy atom. The standard InChI is InChI=1S/C16H14OS2/c1-19-16(18)17-10-12-6-4-8-14-13-7-3-2-5-11(13)9-15(12)14/h2-8H,9-10H2,1H3. The average molecular weight is 286 g/mol. The number of thiocarbonyl (C=S) groups is 1. The van der Waals surface area contributed by atoms with Gasteiger partial charge in [0.1, 0.15) is 6.61 Å². The second kappa shape index (κ2) is 5.35. The van der Waals surface area contributed by atoms with Crippen LogP contribution in [0.1, 0.15) is 16.7 Å². The van der Waals surface area contributed by atoms with Crippen molar-refractivity contribution in [1.82, 2.24) is 0 Å². The predicted molar refractivity (Wildman–Crippen MR) is 85.6 cm³/mol. The van der Waals surface area contributed by atoms with Gasteiger partial charge >= 0.3 is 0 Å². The maximum Gasteiger partial charge on any atom is 0.220 e. The van der Waals surface area contributed by atoms with E-state index in [1.54, 1.807) is 0 Å². The van der Waals surface area contributed by atoms with Crippen molar-refractivity contribution in [2.75, 3.05) is 6.26 Å². The highest BCUT2D eigenvalue weighted by Gasteiger charge is 2.20. The van der Waals surface area contributed by atoms with Crippen LogP contribution in [0.15, 0.2) is 42.5 Å². The highest BCUT2D eigenvalue weighted by atomic mass is 32.2. The summed E-state index contributed by atoms with van der Waals surface area (Å²) in [6.45, 7) is 0.566. The normalized spacial score (nSPS) is 11.8. The highest BCUT2D eigenvalue weighted by Crippen LogP contribution is 2.38. The number of hydrogen-bond acceptors (Lipinski definition) is 3. The van der Waals surface area contributed by atoms with Crippen molar-refractivity contribution >= 4 is 28.4 Å². The van der Waals surface area contributed by atoms with E-state index in [1.165, 1.54) is 39.6 Å². The molecule has 1 nitrogen and oxygen atoms in total. The summed E-state index contributed by atoms with van der Waals surface area (Å²) in [5, 5.41) is 0. The van der Waals surface area contributed by atoms with E-state index in [2.05, 4.69) is 42.5 Å². The van der Waals surface area contributed by atoms with Gasteiger partial charge in [-0.2, -0.15) is 0 Å². The predicted octanol–water partition coefficient (Wildman–Crippen LogP) is 4.42. The van der Waals surface area contributed by atoms with Gasteiger partial charge in [-0.3, -0.25) is 0 Å². The van der Waals surface area contributed by atoms with Crippen LogP contribution in [0.2, 0.25) is 0 Å². The van der Waals surface area contributed by atoms with Crippen LogP contribution in [0.25, 0.3) is 11.1 Å². The van der Waals surface area contributed by atoms with E-state index < -0.39 is 0 Å². The van der Waals surface area contributed by atoms with Crippen LogP contribution in [0, 0.1) is 0 Å². The fourth-order valence-electron chi connectivity index (χ4n) is 2.55. The third kappa shape index (κ3) is 2.40. The third-order valence-corrected chi connectivity index (χ3v) is 4.53. The van der Waals surface area contributed by atoms with Gasteiger partial charge in [0, 0.05) is 0 Å². The van der Waals surface area contributed by atoms with Gasteiger partial charge in [0.05, 0.1) is 0 Å². The number of rotatable bonds is 2. The molecule has 0 fully saturated rings. The van der Waals surface area contributed by atoms with Gasteiger partial charge in [-0.05, 0) is 52.7 Å². The lowest BCUT2D eigenvalue weighted by molar-refractivity contribution is 0.309. The van der Waals surface area contributed by atoms with Crippen LogP contribution in [-0.4, -0.2) is 10.6 Å². The summed E-state index contributed by atoms with van der Waals surface area (Å²) in [5.41, 5.74) is 6.72. The summed E-state index contributed by atoms with van der Waals surface area (Å²) in [7, 11) is 0. The van der Waals surface area contributed by atoms with Crippen LogP contribution < -0.4 is 0 Å². The molecule has 0 aromatic heterocycles. The van der Waals surface area contributed by atoms with Gasteiger partial charge in [0.15, 0.2) is 0 Å². The maximum atomic E-state index is 5.60. The van der Waals surface area contributed by atoms with Crippen molar-refractivity contribution in [3.8, 4) is 11.1 Å². The topological polar surface area (TPSA) is 9.23 Å². The third-order valence-electron chi connectivity index (χ3n) is 3.46. The summed E-state index contributed by atoms with van der Waals surface area (Å²) in [4.78, 5) is 0. The Kier molecular flexibility index (Phi) is 3.58. The lowest BCUT2D eigenvalue weighted by Crippen LogP contribution is -2.00. The molecule has 0 atom stereocenters. The SMILES string of the molecule is CSC(=S)OCc1cccc2c1Cc1ccccc1-2. The largest absolute Gasteiger partial charge is 0.474 e. The molecule has 3 heteroatoms. The molecular weight excluding hydrogens is 272 g/mol. The lowest BCUT2D eigenvalue weighted by Gasteiger charge is -2.09. The monoisotopic (exact) mass is 286 g/mol. The number of fused-ring (bicyclic) bond motifs is 3. The van der Waals surface area contributed by atoms with Crippen LogP contribution in [0.4, 0.5) is 0 Å². The Labute approximate surface area is 123 Å². The molecule has 0 unspecified atom stereocenters. The minimum absolute atomic E-state index is 0.566. The van der Waals surface area contributed by atoms with E-state index in [-0.39, 0.29) is 0 Å². The van der Waals surface area contributed by atoms with E-state index in [1.807, 2.05) is 6.26 Å². The molecule has 0 saturated heterocycles. The van der Waals surface area contributed by atoms with Crippen LogP contribution in [0.5, 0.6) is 0 Å².